The van der Waals surface area contributed by atoms with Crippen molar-refractivity contribution in [2.45, 2.75) is 6.92 Å². The highest BCUT2D eigenvalue weighted by atomic mass is 16.6. The van der Waals surface area contributed by atoms with Gasteiger partial charge in [0.25, 0.3) is 0 Å². The predicted molar refractivity (Wildman–Crippen MR) is 36.7 cm³/mol. The first-order chi connectivity index (χ1) is 4.70. The zero-order valence-corrected chi connectivity index (χ0v) is 6.04. The van der Waals surface area contributed by atoms with E-state index < -0.39 is 0 Å². The van der Waals surface area contributed by atoms with E-state index in [9.17, 15) is 0 Å². The van der Waals surface area contributed by atoms with Crippen LogP contribution in [0.4, 0.5) is 0 Å². The fourth-order valence-corrected chi connectivity index (χ4v) is 1.43. The lowest BCUT2D eigenvalue weighted by Crippen LogP contribution is -2.65. The zero-order valence-electron chi connectivity index (χ0n) is 6.04. The largest absolute Gasteiger partial charge is 0.571 e. The molecule has 3 fully saturated rings. The van der Waals surface area contributed by atoms with E-state index in [1.807, 2.05) is 0 Å². The molecule has 3 aliphatic heterocycles. The Hall–Kier alpha value is -0.0951. The van der Waals surface area contributed by atoms with Crippen molar-refractivity contribution < 1.29 is 9.31 Å². The minimum atomic E-state index is -0.290. The van der Waals surface area contributed by atoms with E-state index >= 15 is 0 Å². The van der Waals surface area contributed by atoms with Crippen LogP contribution in [0.15, 0.2) is 0 Å². The van der Waals surface area contributed by atoms with Crippen molar-refractivity contribution in [3.63, 3.8) is 0 Å². The van der Waals surface area contributed by atoms with E-state index in [1.54, 1.807) is 4.92 Å². The lowest BCUT2D eigenvalue weighted by molar-refractivity contribution is -0.0625. The van der Waals surface area contributed by atoms with Crippen molar-refractivity contribution in [2.75, 3.05) is 19.8 Å². The fourth-order valence-electron chi connectivity index (χ4n) is 1.43. The lowest BCUT2D eigenvalue weighted by Gasteiger charge is -2.46. The Balaban J connectivity index is 2.14. The van der Waals surface area contributed by atoms with E-state index in [1.165, 1.54) is 0 Å². The average Bonchev–Trinajstić information content (AvgIpc) is 1.87. The Morgan fingerprint density at radius 3 is 2.40 bits per heavy atom. The van der Waals surface area contributed by atoms with Crippen molar-refractivity contribution in [3.05, 3.63) is 0 Å². The van der Waals surface area contributed by atoms with Gasteiger partial charge in [0.15, 0.2) is 0 Å². The van der Waals surface area contributed by atoms with Gasteiger partial charge in [0, 0.05) is 25.2 Å². The lowest BCUT2D eigenvalue weighted by atomic mass is 9.82. The van der Waals surface area contributed by atoms with Crippen molar-refractivity contribution in [2.24, 2.45) is 11.3 Å². The van der Waals surface area contributed by atoms with Crippen LogP contribution < -0.4 is 5.84 Å². The molecule has 5 heteroatoms. The van der Waals surface area contributed by atoms with Gasteiger partial charge in [0.2, 0.25) is 0 Å². The van der Waals surface area contributed by atoms with Gasteiger partial charge in [-0.05, 0) is 0 Å². The predicted octanol–water partition coefficient (Wildman–Crippen LogP) is -0.786. The molecule has 4 nitrogen and oxygen atoms in total. The number of fused-ring (bicyclic) bond motifs is 3. The van der Waals surface area contributed by atoms with E-state index in [2.05, 4.69) is 6.92 Å². The number of hydrogen-bond acceptors (Lipinski definition) is 4. The molecular formula is C5H11BN2O2. The molecule has 3 heterocycles. The molecule has 10 heavy (non-hydrogen) atoms. The molecule has 0 radical (unpaired) electrons. The van der Waals surface area contributed by atoms with Gasteiger partial charge >= 0.3 is 7.25 Å². The Morgan fingerprint density at radius 1 is 1.50 bits per heavy atom. The van der Waals surface area contributed by atoms with Crippen LogP contribution in [0, 0.1) is 5.41 Å². The first-order valence-electron chi connectivity index (χ1n) is 3.44. The molecule has 3 rings (SSSR count). The Morgan fingerprint density at radius 2 is 2.10 bits per heavy atom. The first-order valence-corrected chi connectivity index (χ1v) is 3.44. The zero-order chi connectivity index (χ0) is 7.19. The molecule has 3 aliphatic rings. The second-order valence-corrected chi connectivity index (χ2v) is 3.41. The Bertz CT molecular complexity index is 147. The summed E-state index contributed by atoms with van der Waals surface area (Å²) in [6.07, 6.45) is 0. The van der Waals surface area contributed by atoms with Gasteiger partial charge in [-0.2, -0.15) is 0 Å². The van der Waals surface area contributed by atoms with Gasteiger partial charge in [-0.15, -0.1) is 0 Å². The molecular weight excluding hydrogens is 131 g/mol. The van der Waals surface area contributed by atoms with Crippen LogP contribution in [0.2, 0.25) is 0 Å². The molecule has 0 amide bonds. The fraction of sp³-hybridized carbons (Fsp3) is 1.00. The highest BCUT2D eigenvalue weighted by Gasteiger charge is 2.46. The standard InChI is InChI=1S/C5H11BN2O2/c1-5-2-8(7)6(9-3-5)10-4-5/h2-4,7H2,1H3. The molecule has 0 spiro atoms. The number of nitrogens with two attached hydrogens (primary N) is 1. The van der Waals surface area contributed by atoms with E-state index in [0.29, 0.717) is 0 Å². The number of rotatable bonds is 0. The second-order valence-electron chi connectivity index (χ2n) is 3.41. The van der Waals surface area contributed by atoms with E-state index in [0.717, 1.165) is 19.8 Å². The molecule has 2 N–H and O–H groups in total. The molecule has 56 valence electrons. The third kappa shape index (κ3) is 0.862. The van der Waals surface area contributed by atoms with Crippen molar-refractivity contribution in [1.82, 2.24) is 4.92 Å². The highest BCUT2D eigenvalue weighted by molar-refractivity contribution is 6.41. The minimum absolute atomic E-state index is 0.115. The number of hydrazine groups is 1. The summed E-state index contributed by atoms with van der Waals surface area (Å²) in [5, 5.41) is 0. The smallest absolute Gasteiger partial charge is 0.396 e. The molecule has 0 aliphatic carbocycles. The van der Waals surface area contributed by atoms with Crippen LogP contribution in [-0.4, -0.2) is 31.9 Å². The van der Waals surface area contributed by atoms with Crippen molar-refractivity contribution in [3.8, 4) is 0 Å². The maximum absolute atomic E-state index is 5.59. The molecule has 0 aromatic heterocycles. The second kappa shape index (κ2) is 1.95. The van der Waals surface area contributed by atoms with Gasteiger partial charge in [-0.25, -0.2) is 4.92 Å². The summed E-state index contributed by atoms with van der Waals surface area (Å²) >= 11 is 0. The van der Waals surface area contributed by atoms with Gasteiger partial charge in [0.05, 0.1) is 0 Å². The van der Waals surface area contributed by atoms with Crippen LogP contribution in [0.25, 0.3) is 0 Å². The molecule has 0 unspecified atom stereocenters. The van der Waals surface area contributed by atoms with Gasteiger partial charge in [-0.1, -0.05) is 6.92 Å². The van der Waals surface area contributed by atoms with Crippen LogP contribution in [0.3, 0.4) is 0 Å². The maximum atomic E-state index is 5.59. The first kappa shape index (κ1) is 6.60. The topological polar surface area (TPSA) is 47.7 Å². The van der Waals surface area contributed by atoms with E-state index in [-0.39, 0.29) is 12.7 Å². The Kier molecular flexibility index (Phi) is 1.29. The summed E-state index contributed by atoms with van der Waals surface area (Å²) in [5.74, 6) is 5.59. The number of hydrogen-bond donors (Lipinski definition) is 1. The molecule has 2 bridgehead atoms. The molecule has 0 aromatic carbocycles. The molecule has 0 aromatic rings. The molecule has 0 atom stereocenters. The summed E-state index contributed by atoms with van der Waals surface area (Å²) in [6.45, 7) is 4.52. The Labute approximate surface area is 60.4 Å². The maximum Gasteiger partial charge on any atom is 0.571 e. The van der Waals surface area contributed by atoms with Gasteiger partial charge < -0.3 is 9.31 Å². The quantitative estimate of drug-likeness (QED) is 0.355. The SMILES string of the molecule is CC12COB(OC1)N(N)C2. The third-order valence-corrected chi connectivity index (χ3v) is 1.98. The normalized spacial score (nSPS) is 31.2. The minimum Gasteiger partial charge on any atom is -0.396 e. The highest BCUT2D eigenvalue weighted by Crippen LogP contribution is 2.29. The van der Waals surface area contributed by atoms with Crippen LogP contribution >= 0.6 is 0 Å². The van der Waals surface area contributed by atoms with Gasteiger partial charge in [-0.3, -0.25) is 5.84 Å². The van der Waals surface area contributed by atoms with Gasteiger partial charge in [0.1, 0.15) is 0 Å². The molecule has 3 saturated heterocycles. The summed E-state index contributed by atoms with van der Waals surface area (Å²) in [5.41, 5.74) is 0.115. The summed E-state index contributed by atoms with van der Waals surface area (Å²) in [7, 11) is -0.290. The van der Waals surface area contributed by atoms with Crippen LogP contribution in [-0.2, 0) is 9.31 Å². The summed E-state index contributed by atoms with van der Waals surface area (Å²) in [6, 6.07) is 0. The number of nitrogens with zero attached hydrogens (tertiary/aromatic N) is 1. The summed E-state index contributed by atoms with van der Waals surface area (Å²) in [4.78, 5) is 1.60. The monoisotopic (exact) mass is 142 g/mol. The van der Waals surface area contributed by atoms with E-state index in [4.69, 9.17) is 15.2 Å². The van der Waals surface area contributed by atoms with Crippen LogP contribution in [0.5, 0.6) is 0 Å². The van der Waals surface area contributed by atoms with Crippen LogP contribution in [0.1, 0.15) is 6.92 Å². The van der Waals surface area contributed by atoms with Crippen molar-refractivity contribution >= 4 is 7.25 Å². The van der Waals surface area contributed by atoms with Crippen molar-refractivity contribution in [1.29, 1.82) is 0 Å². The average molecular weight is 142 g/mol. The molecule has 0 saturated carbocycles. The summed E-state index contributed by atoms with van der Waals surface area (Å²) < 4.78 is 10.5. The third-order valence-electron chi connectivity index (χ3n) is 1.98.